The van der Waals surface area contributed by atoms with E-state index in [-0.39, 0.29) is 12.1 Å². The number of nitro benzene ring substituents is 2. The molecule has 0 saturated carbocycles. The normalized spacial score (nSPS) is 9.85. The summed E-state index contributed by atoms with van der Waals surface area (Å²) >= 11 is 0. The predicted octanol–water partition coefficient (Wildman–Crippen LogP) is 2.15. The van der Waals surface area contributed by atoms with Crippen molar-refractivity contribution in [3.05, 3.63) is 56.6 Å². The van der Waals surface area contributed by atoms with Gasteiger partial charge in [0.15, 0.2) is 0 Å². The first-order valence-electron chi connectivity index (χ1n) is 5.74. The molecule has 1 rings (SSSR count). The third-order valence-electron chi connectivity index (χ3n) is 2.59. The lowest BCUT2D eigenvalue weighted by Gasteiger charge is -2.18. The van der Waals surface area contributed by atoms with Gasteiger partial charge in [-0.05, 0) is 6.92 Å². The number of hydrogen-bond acceptors (Lipinski definition) is 5. The van der Waals surface area contributed by atoms with Crippen LogP contribution in [0.25, 0.3) is 0 Å². The molecule has 0 aliphatic rings. The van der Waals surface area contributed by atoms with E-state index in [4.69, 9.17) is 0 Å². The highest BCUT2D eigenvalue weighted by Gasteiger charge is 2.22. The summed E-state index contributed by atoms with van der Waals surface area (Å²) in [5.74, 6) is -0.515. The highest BCUT2D eigenvalue weighted by Crippen LogP contribution is 2.23. The first-order valence-corrected chi connectivity index (χ1v) is 5.74. The summed E-state index contributed by atoms with van der Waals surface area (Å²) in [5, 5.41) is 21.5. The zero-order valence-electron chi connectivity index (χ0n) is 10.8. The van der Waals surface area contributed by atoms with E-state index in [1.165, 1.54) is 11.0 Å². The average molecular weight is 279 g/mol. The van der Waals surface area contributed by atoms with Crippen LogP contribution in [0, 0.1) is 20.2 Å². The Bertz CT molecular complexity index is 538. The first-order chi connectivity index (χ1) is 9.40. The largest absolute Gasteiger partial charge is 0.335 e. The topological polar surface area (TPSA) is 107 Å². The summed E-state index contributed by atoms with van der Waals surface area (Å²) in [7, 11) is 0. The van der Waals surface area contributed by atoms with Crippen LogP contribution in [0.15, 0.2) is 30.9 Å². The standard InChI is InChI=1S/C12H13N3O5/c1-3-5-13(4-2)12(16)9-6-10(14(17)18)8-11(7-9)15(19)20/h3,6-8H,1,4-5H2,2H3. The molecule has 0 spiro atoms. The number of rotatable bonds is 6. The van der Waals surface area contributed by atoms with Gasteiger partial charge in [-0.25, -0.2) is 0 Å². The highest BCUT2D eigenvalue weighted by molar-refractivity contribution is 5.95. The maximum Gasteiger partial charge on any atom is 0.277 e. The molecule has 0 atom stereocenters. The van der Waals surface area contributed by atoms with E-state index in [0.29, 0.717) is 6.54 Å². The van der Waals surface area contributed by atoms with Gasteiger partial charge in [0, 0.05) is 25.2 Å². The van der Waals surface area contributed by atoms with E-state index < -0.39 is 27.1 Å². The smallest absolute Gasteiger partial charge is 0.277 e. The summed E-state index contributed by atoms with van der Waals surface area (Å²) in [6.07, 6.45) is 1.51. The molecular formula is C12H13N3O5. The molecule has 0 saturated heterocycles. The molecule has 0 aliphatic carbocycles. The van der Waals surface area contributed by atoms with E-state index in [0.717, 1.165) is 18.2 Å². The third kappa shape index (κ3) is 3.37. The van der Waals surface area contributed by atoms with E-state index in [9.17, 15) is 25.0 Å². The molecule has 106 valence electrons. The lowest BCUT2D eigenvalue weighted by molar-refractivity contribution is -0.394. The zero-order valence-corrected chi connectivity index (χ0v) is 10.8. The van der Waals surface area contributed by atoms with Gasteiger partial charge in [-0.3, -0.25) is 25.0 Å². The molecule has 8 heteroatoms. The van der Waals surface area contributed by atoms with Crippen LogP contribution in [0.1, 0.15) is 17.3 Å². The minimum absolute atomic E-state index is 0.0883. The second-order valence-electron chi connectivity index (χ2n) is 3.88. The van der Waals surface area contributed by atoms with Crippen molar-refractivity contribution >= 4 is 17.3 Å². The maximum atomic E-state index is 12.1. The van der Waals surface area contributed by atoms with Gasteiger partial charge < -0.3 is 4.90 Å². The fourth-order valence-corrected chi connectivity index (χ4v) is 1.62. The summed E-state index contributed by atoms with van der Waals surface area (Å²) in [6, 6.07) is 2.88. The molecule has 1 aromatic carbocycles. The van der Waals surface area contributed by atoms with Gasteiger partial charge in [-0.1, -0.05) is 6.08 Å². The Balaban J connectivity index is 3.28. The van der Waals surface area contributed by atoms with Crippen molar-refractivity contribution < 1.29 is 14.6 Å². The van der Waals surface area contributed by atoms with Gasteiger partial charge in [0.05, 0.1) is 21.5 Å². The van der Waals surface area contributed by atoms with E-state index in [2.05, 4.69) is 6.58 Å². The average Bonchev–Trinajstić information content (AvgIpc) is 2.43. The van der Waals surface area contributed by atoms with Gasteiger partial charge in [0.1, 0.15) is 0 Å². The second-order valence-corrected chi connectivity index (χ2v) is 3.88. The van der Waals surface area contributed by atoms with Crippen molar-refractivity contribution in [2.24, 2.45) is 0 Å². The van der Waals surface area contributed by atoms with Crippen LogP contribution in [0.2, 0.25) is 0 Å². The van der Waals surface area contributed by atoms with Crippen molar-refractivity contribution in [1.29, 1.82) is 0 Å². The Hall–Kier alpha value is -2.77. The molecule has 0 N–H and O–H groups in total. The van der Waals surface area contributed by atoms with E-state index in [1.54, 1.807) is 6.92 Å². The quantitative estimate of drug-likeness (QED) is 0.450. The summed E-state index contributed by atoms with van der Waals surface area (Å²) in [5.41, 5.74) is -1.07. The van der Waals surface area contributed by atoms with Crippen LogP contribution in [0.5, 0.6) is 0 Å². The molecule has 0 fully saturated rings. The Kier molecular flexibility index (Phi) is 4.90. The zero-order chi connectivity index (χ0) is 15.3. The Morgan fingerprint density at radius 2 is 1.75 bits per heavy atom. The van der Waals surface area contributed by atoms with Crippen molar-refractivity contribution in [3.63, 3.8) is 0 Å². The van der Waals surface area contributed by atoms with Crippen LogP contribution in [-0.4, -0.2) is 33.7 Å². The van der Waals surface area contributed by atoms with Crippen LogP contribution in [-0.2, 0) is 0 Å². The van der Waals surface area contributed by atoms with Crippen LogP contribution in [0.4, 0.5) is 11.4 Å². The van der Waals surface area contributed by atoms with Crippen molar-refractivity contribution in [2.45, 2.75) is 6.92 Å². The molecule has 0 heterocycles. The molecule has 0 aliphatic heterocycles. The first kappa shape index (κ1) is 15.3. The molecule has 8 nitrogen and oxygen atoms in total. The number of carbonyl (C=O) groups excluding carboxylic acids is 1. The molecule has 0 bridgehead atoms. The number of benzene rings is 1. The van der Waals surface area contributed by atoms with Gasteiger partial charge in [-0.2, -0.15) is 0 Å². The van der Waals surface area contributed by atoms with Gasteiger partial charge in [0.25, 0.3) is 17.3 Å². The van der Waals surface area contributed by atoms with Gasteiger partial charge in [0.2, 0.25) is 0 Å². The minimum Gasteiger partial charge on any atom is -0.335 e. The third-order valence-corrected chi connectivity index (χ3v) is 2.59. The number of likely N-dealkylation sites (N-methyl/N-ethyl adjacent to an activating group) is 1. The Labute approximate surface area is 114 Å². The number of nitro groups is 2. The number of non-ortho nitro benzene ring substituents is 2. The fourth-order valence-electron chi connectivity index (χ4n) is 1.62. The summed E-state index contributed by atoms with van der Waals surface area (Å²) < 4.78 is 0. The molecule has 0 radical (unpaired) electrons. The van der Waals surface area contributed by atoms with Crippen molar-refractivity contribution in [2.75, 3.05) is 13.1 Å². The number of hydrogen-bond donors (Lipinski definition) is 0. The van der Waals surface area contributed by atoms with E-state index in [1.807, 2.05) is 0 Å². The minimum atomic E-state index is -0.770. The molecule has 20 heavy (non-hydrogen) atoms. The Morgan fingerprint density at radius 3 is 2.10 bits per heavy atom. The number of amides is 1. The second kappa shape index (κ2) is 6.41. The van der Waals surface area contributed by atoms with E-state index >= 15 is 0 Å². The monoisotopic (exact) mass is 279 g/mol. The van der Waals surface area contributed by atoms with Crippen LogP contribution < -0.4 is 0 Å². The molecule has 1 amide bonds. The summed E-state index contributed by atoms with van der Waals surface area (Å²) in [6.45, 7) is 5.85. The SMILES string of the molecule is C=CCN(CC)C(=O)c1cc([N+](=O)[O-])cc([N+](=O)[O-])c1. The highest BCUT2D eigenvalue weighted by atomic mass is 16.6. The van der Waals surface area contributed by atoms with Gasteiger partial charge >= 0.3 is 0 Å². The van der Waals surface area contributed by atoms with Crippen LogP contribution >= 0.6 is 0 Å². The number of nitrogens with zero attached hydrogens (tertiary/aromatic N) is 3. The van der Waals surface area contributed by atoms with Gasteiger partial charge in [-0.15, -0.1) is 6.58 Å². The number of carbonyl (C=O) groups is 1. The fraction of sp³-hybridized carbons (Fsp3) is 0.250. The lowest BCUT2D eigenvalue weighted by atomic mass is 10.1. The van der Waals surface area contributed by atoms with Crippen molar-refractivity contribution in [1.82, 2.24) is 4.90 Å². The molecule has 0 unspecified atom stereocenters. The molecule has 1 aromatic rings. The predicted molar refractivity (Wildman–Crippen MR) is 71.5 cm³/mol. The molecular weight excluding hydrogens is 266 g/mol. The van der Waals surface area contributed by atoms with Crippen molar-refractivity contribution in [3.8, 4) is 0 Å². The molecule has 0 aromatic heterocycles. The maximum absolute atomic E-state index is 12.1. The summed E-state index contributed by atoms with van der Waals surface area (Å²) in [4.78, 5) is 33.5. The van der Waals surface area contributed by atoms with Crippen LogP contribution in [0.3, 0.4) is 0 Å². The Morgan fingerprint density at radius 1 is 1.25 bits per heavy atom. The lowest BCUT2D eigenvalue weighted by Crippen LogP contribution is -2.30.